The summed E-state index contributed by atoms with van der Waals surface area (Å²) in [7, 11) is 0. The molecule has 0 aliphatic heterocycles. The second-order valence-electron chi connectivity index (χ2n) is 4.77. The number of carbonyl (C=O) groups excluding carboxylic acids is 1. The fourth-order valence-corrected chi connectivity index (χ4v) is 1.89. The molecule has 0 saturated heterocycles. The molecule has 2 heteroatoms. The molecule has 0 radical (unpaired) electrons. The smallest absolute Gasteiger partial charge is 0.224 e. The second-order valence-corrected chi connectivity index (χ2v) is 4.77. The normalized spacial score (nSPS) is 10.4. The van der Waals surface area contributed by atoms with Gasteiger partial charge in [-0.1, -0.05) is 13.3 Å². The van der Waals surface area contributed by atoms with Crippen LogP contribution in [0.5, 0.6) is 0 Å². The standard InChI is InChI=1S/C15H23NO/c1-6-7-8-15(17)16-14-9-10(2)11(3)12(4)13(14)5/h9H,6-8H2,1-5H3,(H,16,17). The van der Waals surface area contributed by atoms with E-state index in [1.54, 1.807) is 0 Å². The Morgan fingerprint density at radius 3 is 2.35 bits per heavy atom. The van der Waals surface area contributed by atoms with E-state index in [0.29, 0.717) is 6.42 Å². The van der Waals surface area contributed by atoms with Crippen LogP contribution in [0.25, 0.3) is 0 Å². The van der Waals surface area contributed by atoms with Gasteiger partial charge in [0, 0.05) is 12.1 Å². The maximum atomic E-state index is 11.7. The van der Waals surface area contributed by atoms with Gasteiger partial charge in [-0.2, -0.15) is 0 Å². The summed E-state index contributed by atoms with van der Waals surface area (Å²) in [4.78, 5) is 11.7. The molecular weight excluding hydrogens is 210 g/mol. The fraction of sp³-hybridized carbons (Fsp3) is 0.533. The molecule has 94 valence electrons. The van der Waals surface area contributed by atoms with Gasteiger partial charge in [0.25, 0.3) is 0 Å². The summed E-state index contributed by atoms with van der Waals surface area (Å²) in [5.41, 5.74) is 5.97. The molecule has 0 aliphatic rings. The Morgan fingerprint density at radius 1 is 1.12 bits per heavy atom. The topological polar surface area (TPSA) is 29.1 Å². The van der Waals surface area contributed by atoms with E-state index in [0.717, 1.165) is 18.5 Å². The molecule has 17 heavy (non-hydrogen) atoms. The average molecular weight is 233 g/mol. The van der Waals surface area contributed by atoms with Gasteiger partial charge in [0.2, 0.25) is 5.91 Å². The van der Waals surface area contributed by atoms with E-state index < -0.39 is 0 Å². The van der Waals surface area contributed by atoms with Crippen LogP contribution in [0.3, 0.4) is 0 Å². The number of unbranched alkanes of at least 4 members (excludes halogenated alkanes) is 1. The highest BCUT2D eigenvalue weighted by Gasteiger charge is 2.09. The average Bonchev–Trinajstić information content (AvgIpc) is 2.30. The first-order valence-electron chi connectivity index (χ1n) is 6.34. The SMILES string of the molecule is CCCCC(=O)Nc1cc(C)c(C)c(C)c1C. The second kappa shape index (κ2) is 5.85. The van der Waals surface area contributed by atoms with Crippen LogP contribution in [0.1, 0.15) is 48.4 Å². The van der Waals surface area contributed by atoms with Crippen molar-refractivity contribution in [3.8, 4) is 0 Å². The monoisotopic (exact) mass is 233 g/mol. The van der Waals surface area contributed by atoms with Crippen LogP contribution in [0.2, 0.25) is 0 Å². The summed E-state index contributed by atoms with van der Waals surface area (Å²) in [6.07, 6.45) is 2.62. The van der Waals surface area contributed by atoms with Gasteiger partial charge < -0.3 is 5.32 Å². The van der Waals surface area contributed by atoms with E-state index in [1.165, 1.54) is 22.3 Å². The Morgan fingerprint density at radius 2 is 1.76 bits per heavy atom. The van der Waals surface area contributed by atoms with Crippen LogP contribution in [0.15, 0.2) is 6.07 Å². The van der Waals surface area contributed by atoms with E-state index >= 15 is 0 Å². The lowest BCUT2D eigenvalue weighted by atomic mass is 9.98. The highest BCUT2D eigenvalue weighted by atomic mass is 16.1. The zero-order valence-electron chi connectivity index (χ0n) is 11.6. The molecule has 1 rings (SSSR count). The summed E-state index contributed by atoms with van der Waals surface area (Å²) in [5, 5.41) is 3.01. The predicted molar refractivity (Wildman–Crippen MR) is 73.5 cm³/mol. The van der Waals surface area contributed by atoms with Crippen molar-refractivity contribution >= 4 is 11.6 Å². The van der Waals surface area contributed by atoms with Gasteiger partial charge >= 0.3 is 0 Å². The fourth-order valence-electron chi connectivity index (χ4n) is 1.89. The summed E-state index contributed by atoms with van der Waals surface area (Å²) in [6.45, 7) is 10.5. The van der Waals surface area contributed by atoms with Crippen LogP contribution in [-0.4, -0.2) is 5.91 Å². The number of hydrogen-bond acceptors (Lipinski definition) is 1. The highest BCUT2D eigenvalue weighted by molar-refractivity contribution is 5.91. The largest absolute Gasteiger partial charge is 0.326 e. The van der Waals surface area contributed by atoms with Crippen molar-refractivity contribution in [1.29, 1.82) is 0 Å². The molecule has 1 aromatic rings. The van der Waals surface area contributed by atoms with Gasteiger partial charge in [0.05, 0.1) is 0 Å². The quantitative estimate of drug-likeness (QED) is 0.835. The molecular formula is C15H23NO. The lowest BCUT2D eigenvalue weighted by Crippen LogP contribution is -2.13. The van der Waals surface area contributed by atoms with E-state index in [4.69, 9.17) is 0 Å². The predicted octanol–water partition coefficient (Wildman–Crippen LogP) is 4.05. The minimum Gasteiger partial charge on any atom is -0.326 e. The van der Waals surface area contributed by atoms with Crippen molar-refractivity contribution in [1.82, 2.24) is 0 Å². The first kappa shape index (κ1) is 13.8. The van der Waals surface area contributed by atoms with E-state index in [9.17, 15) is 4.79 Å². The summed E-state index contributed by atoms with van der Waals surface area (Å²) >= 11 is 0. The van der Waals surface area contributed by atoms with Crippen LogP contribution in [-0.2, 0) is 4.79 Å². The maximum absolute atomic E-state index is 11.7. The van der Waals surface area contributed by atoms with Crippen LogP contribution in [0.4, 0.5) is 5.69 Å². The molecule has 0 aliphatic carbocycles. The van der Waals surface area contributed by atoms with E-state index in [2.05, 4.69) is 46.0 Å². The lowest BCUT2D eigenvalue weighted by molar-refractivity contribution is -0.116. The Kier molecular flexibility index (Phi) is 4.73. The Labute approximate surface area is 104 Å². The third-order valence-corrected chi connectivity index (χ3v) is 3.51. The van der Waals surface area contributed by atoms with Crippen LogP contribution < -0.4 is 5.32 Å². The van der Waals surface area contributed by atoms with Gasteiger partial charge in [-0.15, -0.1) is 0 Å². The number of aryl methyl sites for hydroxylation is 1. The van der Waals surface area contributed by atoms with Gasteiger partial charge in [0.15, 0.2) is 0 Å². The van der Waals surface area contributed by atoms with Crippen molar-refractivity contribution in [2.24, 2.45) is 0 Å². The molecule has 0 saturated carbocycles. The Balaban J connectivity index is 2.89. The van der Waals surface area contributed by atoms with Crippen molar-refractivity contribution < 1.29 is 4.79 Å². The number of carbonyl (C=O) groups is 1. The molecule has 2 nitrogen and oxygen atoms in total. The Bertz CT molecular complexity index is 421. The first-order valence-corrected chi connectivity index (χ1v) is 6.34. The van der Waals surface area contributed by atoms with Gasteiger partial charge in [-0.05, 0) is 62.4 Å². The van der Waals surface area contributed by atoms with Gasteiger partial charge in [-0.25, -0.2) is 0 Å². The van der Waals surface area contributed by atoms with Crippen molar-refractivity contribution in [3.63, 3.8) is 0 Å². The zero-order valence-corrected chi connectivity index (χ0v) is 11.6. The Hall–Kier alpha value is -1.31. The minimum absolute atomic E-state index is 0.123. The lowest BCUT2D eigenvalue weighted by Gasteiger charge is -2.15. The van der Waals surface area contributed by atoms with E-state index in [-0.39, 0.29) is 5.91 Å². The van der Waals surface area contributed by atoms with Crippen molar-refractivity contribution in [2.45, 2.75) is 53.9 Å². The van der Waals surface area contributed by atoms with Gasteiger partial charge in [0.1, 0.15) is 0 Å². The molecule has 0 spiro atoms. The number of hydrogen-bond donors (Lipinski definition) is 1. The number of amides is 1. The molecule has 1 amide bonds. The van der Waals surface area contributed by atoms with Crippen LogP contribution >= 0.6 is 0 Å². The minimum atomic E-state index is 0.123. The molecule has 0 unspecified atom stereocenters. The highest BCUT2D eigenvalue weighted by Crippen LogP contribution is 2.25. The third kappa shape index (κ3) is 3.32. The molecule has 1 aromatic carbocycles. The molecule has 0 bridgehead atoms. The number of benzene rings is 1. The molecule has 1 N–H and O–H groups in total. The maximum Gasteiger partial charge on any atom is 0.224 e. The first-order chi connectivity index (χ1) is 7.97. The summed E-state index contributed by atoms with van der Waals surface area (Å²) in [5.74, 6) is 0.123. The molecule has 0 aromatic heterocycles. The summed E-state index contributed by atoms with van der Waals surface area (Å²) < 4.78 is 0. The number of nitrogens with one attached hydrogen (secondary N) is 1. The van der Waals surface area contributed by atoms with Crippen molar-refractivity contribution in [2.75, 3.05) is 5.32 Å². The van der Waals surface area contributed by atoms with Crippen molar-refractivity contribution in [3.05, 3.63) is 28.3 Å². The molecule has 0 heterocycles. The number of anilines is 1. The number of rotatable bonds is 4. The zero-order chi connectivity index (χ0) is 13.0. The van der Waals surface area contributed by atoms with Crippen LogP contribution in [0, 0.1) is 27.7 Å². The molecule has 0 fully saturated rings. The third-order valence-electron chi connectivity index (χ3n) is 3.51. The van der Waals surface area contributed by atoms with E-state index in [1.807, 2.05) is 0 Å². The van der Waals surface area contributed by atoms with Gasteiger partial charge in [-0.3, -0.25) is 4.79 Å². The molecule has 0 atom stereocenters. The summed E-state index contributed by atoms with van der Waals surface area (Å²) in [6, 6.07) is 2.07.